The number of rotatable bonds is 2. The van der Waals surface area contributed by atoms with Crippen molar-refractivity contribution >= 4 is 11.8 Å². The summed E-state index contributed by atoms with van der Waals surface area (Å²) in [5.41, 5.74) is 4.83. The first-order chi connectivity index (χ1) is 10.9. The van der Waals surface area contributed by atoms with Crippen molar-refractivity contribution in [3.63, 3.8) is 0 Å². The summed E-state index contributed by atoms with van der Waals surface area (Å²) in [5, 5.41) is 10.3. The zero-order valence-corrected chi connectivity index (χ0v) is 17.1. The highest BCUT2D eigenvalue weighted by Crippen LogP contribution is 2.40. The van der Waals surface area contributed by atoms with Gasteiger partial charge < -0.3 is 5.11 Å². The van der Waals surface area contributed by atoms with Crippen molar-refractivity contribution in [2.24, 2.45) is 0 Å². The molecule has 24 heavy (non-hydrogen) atoms. The standard InChI is InChI=1S/C22H30OS/c1-14-9-10-16(21(3,4)5)12-19(14)24-20-13-17(22(6,7)8)18(23)11-15(20)2/h9-13,23H,1-8H3. The number of benzene rings is 2. The lowest BCUT2D eigenvalue weighted by atomic mass is 9.86. The van der Waals surface area contributed by atoms with Gasteiger partial charge in [0.15, 0.2) is 0 Å². The zero-order valence-electron chi connectivity index (χ0n) is 16.2. The van der Waals surface area contributed by atoms with Gasteiger partial charge in [-0.3, -0.25) is 0 Å². The number of hydrogen-bond acceptors (Lipinski definition) is 2. The van der Waals surface area contributed by atoms with Crippen LogP contribution in [0.1, 0.15) is 63.8 Å². The third-order valence-electron chi connectivity index (χ3n) is 4.38. The molecule has 0 atom stereocenters. The predicted octanol–water partition coefficient (Wildman–Crippen LogP) is 6.76. The van der Waals surface area contributed by atoms with Crippen LogP contribution in [-0.2, 0) is 10.8 Å². The molecule has 2 rings (SSSR count). The fraction of sp³-hybridized carbons (Fsp3) is 0.455. The number of aryl methyl sites for hydroxylation is 2. The lowest BCUT2D eigenvalue weighted by Crippen LogP contribution is -2.12. The van der Waals surface area contributed by atoms with Crippen molar-refractivity contribution in [3.8, 4) is 5.75 Å². The van der Waals surface area contributed by atoms with Gasteiger partial charge in [0.25, 0.3) is 0 Å². The monoisotopic (exact) mass is 342 g/mol. The van der Waals surface area contributed by atoms with E-state index in [0.717, 1.165) is 11.1 Å². The fourth-order valence-electron chi connectivity index (χ4n) is 2.68. The summed E-state index contributed by atoms with van der Waals surface area (Å²) in [6.45, 7) is 17.4. The summed E-state index contributed by atoms with van der Waals surface area (Å²) < 4.78 is 0. The van der Waals surface area contributed by atoms with Crippen LogP contribution in [0.15, 0.2) is 40.1 Å². The van der Waals surface area contributed by atoms with E-state index in [1.807, 2.05) is 6.07 Å². The Kier molecular flexibility index (Phi) is 5.11. The molecule has 0 unspecified atom stereocenters. The van der Waals surface area contributed by atoms with Crippen LogP contribution in [0, 0.1) is 13.8 Å². The molecule has 0 saturated carbocycles. The smallest absolute Gasteiger partial charge is 0.119 e. The van der Waals surface area contributed by atoms with Crippen LogP contribution in [0.4, 0.5) is 0 Å². The summed E-state index contributed by atoms with van der Waals surface area (Å²) in [6.07, 6.45) is 0. The Morgan fingerprint density at radius 3 is 1.88 bits per heavy atom. The van der Waals surface area contributed by atoms with E-state index in [4.69, 9.17) is 0 Å². The molecule has 2 aromatic carbocycles. The van der Waals surface area contributed by atoms with Gasteiger partial charge in [0.05, 0.1) is 0 Å². The summed E-state index contributed by atoms with van der Waals surface area (Å²) in [6, 6.07) is 10.8. The molecular formula is C22H30OS. The van der Waals surface area contributed by atoms with Crippen molar-refractivity contribution in [3.05, 3.63) is 52.6 Å². The van der Waals surface area contributed by atoms with E-state index in [1.165, 1.54) is 20.9 Å². The molecule has 0 bridgehead atoms. The molecule has 2 heteroatoms. The molecule has 0 aromatic heterocycles. The summed E-state index contributed by atoms with van der Waals surface area (Å²) in [5.74, 6) is 0.393. The highest BCUT2D eigenvalue weighted by molar-refractivity contribution is 7.99. The maximum Gasteiger partial charge on any atom is 0.119 e. The molecule has 1 N–H and O–H groups in total. The number of hydrogen-bond donors (Lipinski definition) is 1. The van der Waals surface area contributed by atoms with Gasteiger partial charge in [0, 0.05) is 15.4 Å². The average molecular weight is 343 g/mol. The van der Waals surface area contributed by atoms with Gasteiger partial charge in [-0.15, -0.1) is 0 Å². The first kappa shape index (κ1) is 18.9. The average Bonchev–Trinajstić information content (AvgIpc) is 2.41. The molecule has 0 radical (unpaired) electrons. The fourth-order valence-corrected chi connectivity index (χ4v) is 3.73. The maximum atomic E-state index is 10.3. The summed E-state index contributed by atoms with van der Waals surface area (Å²) in [7, 11) is 0. The zero-order chi connectivity index (χ0) is 18.3. The van der Waals surface area contributed by atoms with Gasteiger partial charge in [-0.1, -0.05) is 65.4 Å². The van der Waals surface area contributed by atoms with E-state index in [-0.39, 0.29) is 10.8 Å². The summed E-state index contributed by atoms with van der Waals surface area (Å²) in [4.78, 5) is 2.50. The maximum absolute atomic E-state index is 10.3. The van der Waals surface area contributed by atoms with Gasteiger partial charge in [-0.25, -0.2) is 0 Å². The van der Waals surface area contributed by atoms with E-state index in [1.54, 1.807) is 11.8 Å². The Morgan fingerprint density at radius 2 is 1.33 bits per heavy atom. The Bertz CT molecular complexity index is 746. The minimum Gasteiger partial charge on any atom is -0.508 e. The SMILES string of the molecule is Cc1ccc(C(C)(C)C)cc1Sc1cc(C(C)(C)C)c(O)cc1C. The number of phenols is 1. The van der Waals surface area contributed by atoms with Gasteiger partial charge in [-0.2, -0.15) is 0 Å². The van der Waals surface area contributed by atoms with Crippen LogP contribution in [0.3, 0.4) is 0 Å². The lowest BCUT2D eigenvalue weighted by molar-refractivity contribution is 0.445. The molecule has 0 saturated heterocycles. The van der Waals surface area contributed by atoms with E-state index < -0.39 is 0 Å². The van der Waals surface area contributed by atoms with E-state index in [9.17, 15) is 5.11 Å². The van der Waals surface area contributed by atoms with Gasteiger partial charge in [0.1, 0.15) is 5.75 Å². The van der Waals surface area contributed by atoms with Gasteiger partial charge in [-0.05, 0) is 59.6 Å². The van der Waals surface area contributed by atoms with E-state index in [2.05, 4.69) is 79.7 Å². The van der Waals surface area contributed by atoms with Crippen molar-refractivity contribution in [2.45, 2.75) is 76.0 Å². The second kappa shape index (κ2) is 6.48. The van der Waals surface area contributed by atoms with Crippen molar-refractivity contribution < 1.29 is 5.11 Å². The first-order valence-electron chi connectivity index (χ1n) is 8.52. The van der Waals surface area contributed by atoms with Gasteiger partial charge >= 0.3 is 0 Å². The Hall–Kier alpha value is -1.41. The first-order valence-corrected chi connectivity index (χ1v) is 9.34. The van der Waals surface area contributed by atoms with Crippen LogP contribution >= 0.6 is 11.8 Å². The Labute approximate surface area is 151 Å². The number of aromatic hydroxyl groups is 1. The Balaban J connectivity index is 2.49. The predicted molar refractivity (Wildman–Crippen MR) is 106 cm³/mol. The lowest BCUT2D eigenvalue weighted by Gasteiger charge is -2.23. The molecule has 1 nitrogen and oxygen atoms in total. The molecule has 0 heterocycles. The molecule has 0 fully saturated rings. The largest absolute Gasteiger partial charge is 0.508 e. The Morgan fingerprint density at radius 1 is 0.750 bits per heavy atom. The molecule has 0 amide bonds. The molecule has 0 aliphatic rings. The molecule has 0 spiro atoms. The highest BCUT2D eigenvalue weighted by atomic mass is 32.2. The van der Waals surface area contributed by atoms with Crippen LogP contribution in [0.2, 0.25) is 0 Å². The van der Waals surface area contributed by atoms with E-state index >= 15 is 0 Å². The van der Waals surface area contributed by atoms with Crippen LogP contribution in [-0.4, -0.2) is 5.11 Å². The summed E-state index contributed by atoms with van der Waals surface area (Å²) >= 11 is 1.80. The topological polar surface area (TPSA) is 20.2 Å². The van der Waals surface area contributed by atoms with Crippen molar-refractivity contribution in [2.75, 3.05) is 0 Å². The molecule has 130 valence electrons. The normalized spacial score (nSPS) is 12.5. The second-order valence-corrected chi connectivity index (χ2v) is 9.80. The molecular weight excluding hydrogens is 312 g/mol. The third kappa shape index (κ3) is 4.16. The highest BCUT2D eigenvalue weighted by Gasteiger charge is 2.21. The van der Waals surface area contributed by atoms with E-state index in [0.29, 0.717) is 5.75 Å². The molecule has 0 aliphatic carbocycles. The van der Waals surface area contributed by atoms with Gasteiger partial charge in [0.2, 0.25) is 0 Å². The van der Waals surface area contributed by atoms with Crippen molar-refractivity contribution in [1.82, 2.24) is 0 Å². The minimum absolute atomic E-state index is 0.0740. The second-order valence-electron chi connectivity index (χ2n) is 8.72. The number of phenolic OH excluding ortho intramolecular Hbond substituents is 1. The van der Waals surface area contributed by atoms with Crippen LogP contribution in [0.5, 0.6) is 5.75 Å². The molecule has 0 aliphatic heterocycles. The van der Waals surface area contributed by atoms with Crippen LogP contribution < -0.4 is 0 Å². The van der Waals surface area contributed by atoms with Crippen LogP contribution in [0.25, 0.3) is 0 Å². The van der Waals surface area contributed by atoms with Crippen molar-refractivity contribution in [1.29, 1.82) is 0 Å². The molecule has 2 aromatic rings. The third-order valence-corrected chi connectivity index (χ3v) is 5.69. The quantitative estimate of drug-likeness (QED) is 0.651. The minimum atomic E-state index is -0.0740.